The van der Waals surface area contributed by atoms with Crippen molar-refractivity contribution in [2.75, 3.05) is 11.9 Å². The number of nitrogens with one attached hydrogen (secondary N) is 1. The highest BCUT2D eigenvalue weighted by molar-refractivity contribution is 5.92. The van der Waals surface area contributed by atoms with Crippen molar-refractivity contribution in [3.05, 3.63) is 59.9 Å². The Labute approximate surface area is 168 Å². The molecule has 148 valence electrons. The van der Waals surface area contributed by atoms with E-state index in [2.05, 4.69) is 20.1 Å². The fraction of sp³-hybridized carbons (Fsp3) is 0.273. The largest absolute Gasteiger partial charge is 0.483 e. The van der Waals surface area contributed by atoms with Gasteiger partial charge in [-0.05, 0) is 37.1 Å². The Morgan fingerprint density at radius 2 is 2.00 bits per heavy atom. The van der Waals surface area contributed by atoms with Gasteiger partial charge in [-0.25, -0.2) is 0 Å². The quantitative estimate of drug-likeness (QED) is 0.651. The molecule has 1 aliphatic heterocycles. The van der Waals surface area contributed by atoms with E-state index in [1.165, 1.54) is 6.42 Å². The standard InChI is InChI=1S/C22H22N4O3/c27-14-17-7-3-4-10-19(17)29-15-21(28)23-18-9-6-8-16(13-18)22-25-24-20-11-2-1-5-12-26(20)22/h3-4,6-10,13-14H,1-2,5,11-12,15H2,(H,23,28). The number of carbonyl (C=O) groups is 2. The second-order valence-electron chi connectivity index (χ2n) is 6.98. The molecule has 1 aromatic heterocycles. The molecule has 0 saturated heterocycles. The number of fused-ring (bicyclic) bond motifs is 1. The molecule has 29 heavy (non-hydrogen) atoms. The van der Waals surface area contributed by atoms with E-state index < -0.39 is 0 Å². The van der Waals surface area contributed by atoms with E-state index in [0.717, 1.165) is 43.0 Å². The van der Waals surface area contributed by atoms with Gasteiger partial charge < -0.3 is 14.6 Å². The Kier molecular flexibility index (Phi) is 5.65. The van der Waals surface area contributed by atoms with E-state index in [1.807, 2.05) is 24.3 Å². The van der Waals surface area contributed by atoms with Gasteiger partial charge in [-0.2, -0.15) is 0 Å². The van der Waals surface area contributed by atoms with Crippen LogP contribution in [-0.4, -0.2) is 33.6 Å². The first-order valence-electron chi connectivity index (χ1n) is 9.74. The monoisotopic (exact) mass is 390 g/mol. The van der Waals surface area contributed by atoms with Crippen LogP contribution >= 0.6 is 0 Å². The number of aldehydes is 1. The van der Waals surface area contributed by atoms with Crippen molar-refractivity contribution in [2.24, 2.45) is 0 Å². The molecular weight excluding hydrogens is 368 g/mol. The number of anilines is 1. The number of aromatic nitrogens is 3. The normalized spacial score (nSPS) is 13.2. The smallest absolute Gasteiger partial charge is 0.262 e. The van der Waals surface area contributed by atoms with Gasteiger partial charge in [0.15, 0.2) is 18.7 Å². The predicted molar refractivity (Wildman–Crippen MR) is 109 cm³/mol. The topological polar surface area (TPSA) is 86.1 Å². The lowest BCUT2D eigenvalue weighted by molar-refractivity contribution is -0.118. The molecule has 0 radical (unpaired) electrons. The molecule has 1 amide bonds. The van der Waals surface area contributed by atoms with Gasteiger partial charge >= 0.3 is 0 Å². The van der Waals surface area contributed by atoms with Gasteiger partial charge in [0, 0.05) is 24.2 Å². The third-order valence-corrected chi connectivity index (χ3v) is 4.92. The summed E-state index contributed by atoms with van der Waals surface area (Å²) in [6.45, 7) is 0.730. The number of carbonyl (C=O) groups excluding carboxylic acids is 2. The molecule has 7 heteroatoms. The van der Waals surface area contributed by atoms with Crippen LogP contribution in [0.3, 0.4) is 0 Å². The maximum atomic E-state index is 12.3. The number of nitrogens with zero attached hydrogens (tertiary/aromatic N) is 3. The molecule has 0 saturated carbocycles. The van der Waals surface area contributed by atoms with E-state index in [-0.39, 0.29) is 12.5 Å². The number of rotatable bonds is 6. The number of para-hydroxylation sites is 1. The van der Waals surface area contributed by atoms with Crippen LogP contribution in [0.25, 0.3) is 11.4 Å². The third-order valence-electron chi connectivity index (χ3n) is 4.92. The zero-order chi connectivity index (χ0) is 20.1. The number of aryl methyl sites for hydroxylation is 1. The SMILES string of the molecule is O=Cc1ccccc1OCC(=O)Nc1cccc(-c2nnc3n2CCCCC3)c1. The summed E-state index contributed by atoms with van der Waals surface area (Å²) in [4.78, 5) is 23.3. The van der Waals surface area contributed by atoms with E-state index in [9.17, 15) is 9.59 Å². The van der Waals surface area contributed by atoms with Crippen molar-refractivity contribution in [1.82, 2.24) is 14.8 Å². The molecule has 1 aliphatic rings. The zero-order valence-electron chi connectivity index (χ0n) is 16.0. The van der Waals surface area contributed by atoms with Gasteiger partial charge in [0.05, 0.1) is 5.56 Å². The summed E-state index contributed by atoms with van der Waals surface area (Å²) in [5.41, 5.74) is 1.98. The molecule has 0 fully saturated rings. The Morgan fingerprint density at radius 1 is 1.10 bits per heavy atom. The van der Waals surface area contributed by atoms with Gasteiger partial charge in [0.2, 0.25) is 0 Å². The summed E-state index contributed by atoms with van der Waals surface area (Å²) in [6, 6.07) is 14.4. The van der Waals surface area contributed by atoms with Crippen LogP contribution in [0.15, 0.2) is 48.5 Å². The van der Waals surface area contributed by atoms with Crippen LogP contribution in [-0.2, 0) is 17.8 Å². The van der Waals surface area contributed by atoms with Crippen molar-refractivity contribution in [3.63, 3.8) is 0 Å². The lowest BCUT2D eigenvalue weighted by Gasteiger charge is -2.11. The van der Waals surface area contributed by atoms with Crippen LogP contribution < -0.4 is 10.1 Å². The second-order valence-corrected chi connectivity index (χ2v) is 6.98. The van der Waals surface area contributed by atoms with Gasteiger partial charge in [-0.1, -0.05) is 30.7 Å². The fourth-order valence-corrected chi connectivity index (χ4v) is 3.48. The van der Waals surface area contributed by atoms with Crippen molar-refractivity contribution < 1.29 is 14.3 Å². The molecule has 0 spiro atoms. The first-order chi connectivity index (χ1) is 14.2. The average Bonchev–Trinajstić information content (AvgIpc) is 3.01. The Bertz CT molecular complexity index is 1030. The Hall–Kier alpha value is -3.48. The lowest BCUT2D eigenvalue weighted by atomic mass is 10.2. The highest BCUT2D eigenvalue weighted by Gasteiger charge is 2.16. The lowest BCUT2D eigenvalue weighted by Crippen LogP contribution is -2.20. The highest BCUT2D eigenvalue weighted by atomic mass is 16.5. The van der Waals surface area contributed by atoms with Gasteiger partial charge in [0.25, 0.3) is 5.91 Å². The van der Waals surface area contributed by atoms with Crippen molar-refractivity contribution in [2.45, 2.75) is 32.2 Å². The first-order valence-corrected chi connectivity index (χ1v) is 9.74. The van der Waals surface area contributed by atoms with Crippen LogP contribution in [0.2, 0.25) is 0 Å². The van der Waals surface area contributed by atoms with Gasteiger partial charge in [0.1, 0.15) is 11.6 Å². The third kappa shape index (κ3) is 4.34. The van der Waals surface area contributed by atoms with E-state index in [0.29, 0.717) is 23.3 Å². The number of hydrogen-bond acceptors (Lipinski definition) is 5. The Balaban J connectivity index is 1.45. The van der Waals surface area contributed by atoms with Crippen molar-refractivity contribution in [3.8, 4) is 17.1 Å². The van der Waals surface area contributed by atoms with Crippen molar-refractivity contribution in [1.29, 1.82) is 0 Å². The van der Waals surface area contributed by atoms with Crippen molar-refractivity contribution >= 4 is 17.9 Å². The molecular formula is C22H22N4O3. The van der Waals surface area contributed by atoms with Crippen LogP contribution in [0.4, 0.5) is 5.69 Å². The minimum Gasteiger partial charge on any atom is -0.483 e. The molecule has 7 nitrogen and oxygen atoms in total. The molecule has 0 bridgehead atoms. The number of benzene rings is 2. The molecule has 0 aliphatic carbocycles. The molecule has 2 heterocycles. The number of amides is 1. The predicted octanol–water partition coefficient (Wildman–Crippen LogP) is 3.50. The van der Waals surface area contributed by atoms with Crippen LogP contribution in [0.5, 0.6) is 5.75 Å². The molecule has 2 aromatic carbocycles. The minimum atomic E-state index is -0.303. The summed E-state index contributed by atoms with van der Waals surface area (Å²) < 4.78 is 7.66. The average molecular weight is 390 g/mol. The minimum absolute atomic E-state index is 0.185. The molecule has 0 atom stereocenters. The first kappa shape index (κ1) is 18.9. The summed E-state index contributed by atoms with van der Waals surface area (Å²) >= 11 is 0. The maximum Gasteiger partial charge on any atom is 0.262 e. The molecule has 1 N–H and O–H groups in total. The van der Waals surface area contributed by atoms with E-state index in [1.54, 1.807) is 24.3 Å². The van der Waals surface area contributed by atoms with E-state index >= 15 is 0 Å². The van der Waals surface area contributed by atoms with Crippen LogP contribution in [0, 0.1) is 0 Å². The number of hydrogen-bond donors (Lipinski definition) is 1. The fourth-order valence-electron chi connectivity index (χ4n) is 3.48. The number of ether oxygens (including phenoxy) is 1. The summed E-state index contributed by atoms with van der Waals surface area (Å²) in [5, 5.41) is 11.5. The summed E-state index contributed by atoms with van der Waals surface area (Å²) in [7, 11) is 0. The zero-order valence-corrected chi connectivity index (χ0v) is 16.0. The summed E-state index contributed by atoms with van der Waals surface area (Å²) in [6.07, 6.45) is 5.11. The molecule has 3 aromatic rings. The van der Waals surface area contributed by atoms with Gasteiger partial charge in [-0.15, -0.1) is 10.2 Å². The maximum absolute atomic E-state index is 12.3. The second kappa shape index (κ2) is 8.68. The van der Waals surface area contributed by atoms with E-state index in [4.69, 9.17) is 4.74 Å². The molecule has 0 unspecified atom stereocenters. The van der Waals surface area contributed by atoms with Crippen LogP contribution in [0.1, 0.15) is 35.4 Å². The molecule has 4 rings (SSSR count). The highest BCUT2D eigenvalue weighted by Crippen LogP contribution is 2.25. The summed E-state index contributed by atoms with van der Waals surface area (Å²) in [5.74, 6) is 1.93. The van der Waals surface area contributed by atoms with Gasteiger partial charge in [-0.3, -0.25) is 9.59 Å². The Morgan fingerprint density at radius 3 is 2.90 bits per heavy atom.